The fraction of sp³-hybridized carbons (Fsp3) is 0.286. The molecule has 0 radical (unpaired) electrons. The SMILES string of the molecule is [2H]C(NC(=O)C(C)N1C(=O)c2ccccc2C1=O)C(=O)OC. The molecule has 3 amide bonds. The molecule has 1 N–H and O–H groups in total. The Bertz CT molecular complexity index is 625. The van der Waals surface area contributed by atoms with E-state index >= 15 is 0 Å². The number of benzene rings is 1. The minimum absolute atomic E-state index is 0.225. The molecule has 0 saturated heterocycles. The van der Waals surface area contributed by atoms with Crippen molar-refractivity contribution in [2.75, 3.05) is 13.6 Å². The van der Waals surface area contributed by atoms with E-state index in [1.807, 2.05) is 0 Å². The normalized spacial score (nSPS) is 16.9. The molecular weight excluding hydrogens is 276 g/mol. The van der Waals surface area contributed by atoms with Crippen LogP contribution in [0.5, 0.6) is 0 Å². The van der Waals surface area contributed by atoms with Crippen molar-refractivity contribution in [3.05, 3.63) is 35.4 Å². The maximum atomic E-state index is 12.2. The van der Waals surface area contributed by atoms with Crippen LogP contribution in [0.2, 0.25) is 0 Å². The van der Waals surface area contributed by atoms with E-state index in [2.05, 4.69) is 10.1 Å². The van der Waals surface area contributed by atoms with Crippen LogP contribution < -0.4 is 5.32 Å². The lowest BCUT2D eigenvalue weighted by Gasteiger charge is -2.21. The van der Waals surface area contributed by atoms with Crippen LogP contribution >= 0.6 is 0 Å². The van der Waals surface area contributed by atoms with Crippen LogP contribution in [0.25, 0.3) is 0 Å². The molecule has 1 aromatic carbocycles. The van der Waals surface area contributed by atoms with Gasteiger partial charge in [0.2, 0.25) is 5.91 Å². The third kappa shape index (κ3) is 2.62. The second-order valence-corrected chi connectivity index (χ2v) is 4.38. The van der Waals surface area contributed by atoms with Crippen LogP contribution in [0.4, 0.5) is 0 Å². The first kappa shape index (κ1) is 13.3. The highest BCUT2D eigenvalue weighted by Gasteiger charge is 2.40. The Morgan fingerprint density at radius 2 is 1.81 bits per heavy atom. The maximum absolute atomic E-state index is 12.2. The Morgan fingerprint density at radius 3 is 2.29 bits per heavy atom. The number of ether oxygens (including phenoxy) is 1. The molecule has 0 spiro atoms. The van der Waals surface area contributed by atoms with E-state index < -0.39 is 36.3 Å². The molecule has 1 heterocycles. The van der Waals surface area contributed by atoms with Crippen LogP contribution in [-0.2, 0) is 14.3 Å². The molecule has 0 aliphatic carbocycles. The van der Waals surface area contributed by atoms with Crippen molar-refractivity contribution in [1.29, 1.82) is 0 Å². The Labute approximate surface area is 122 Å². The second-order valence-electron chi connectivity index (χ2n) is 4.38. The summed E-state index contributed by atoms with van der Waals surface area (Å²) < 4.78 is 11.7. The summed E-state index contributed by atoms with van der Waals surface area (Å²) in [6, 6.07) is 5.10. The van der Waals surface area contributed by atoms with Gasteiger partial charge in [0, 0.05) is 0 Å². The summed E-state index contributed by atoms with van der Waals surface area (Å²) in [6.45, 7) is -0.267. The maximum Gasteiger partial charge on any atom is 0.325 e. The number of esters is 1. The van der Waals surface area contributed by atoms with Crippen LogP contribution in [-0.4, -0.2) is 48.3 Å². The highest BCUT2D eigenvalue weighted by Crippen LogP contribution is 2.24. The van der Waals surface area contributed by atoms with Crippen LogP contribution in [0, 0.1) is 0 Å². The zero-order valence-corrected chi connectivity index (χ0v) is 11.5. The zero-order valence-electron chi connectivity index (χ0n) is 12.5. The number of nitrogens with zero attached hydrogens (tertiary/aromatic N) is 1. The predicted octanol–water partition coefficient (Wildman–Crippen LogP) is -0.0397. The first-order chi connectivity index (χ1) is 10.4. The lowest BCUT2D eigenvalue weighted by Crippen LogP contribution is -2.48. The van der Waals surface area contributed by atoms with Gasteiger partial charge in [-0.15, -0.1) is 0 Å². The van der Waals surface area contributed by atoms with Gasteiger partial charge in [0.25, 0.3) is 11.8 Å². The van der Waals surface area contributed by atoms with Gasteiger partial charge in [-0.25, -0.2) is 0 Å². The molecule has 7 heteroatoms. The van der Waals surface area contributed by atoms with Crippen molar-refractivity contribution < 1.29 is 25.3 Å². The Kier molecular flexibility index (Phi) is 3.63. The fourth-order valence-corrected chi connectivity index (χ4v) is 1.99. The second kappa shape index (κ2) is 5.74. The van der Waals surface area contributed by atoms with Crippen molar-refractivity contribution >= 4 is 23.7 Å². The largest absolute Gasteiger partial charge is 0.468 e. The van der Waals surface area contributed by atoms with E-state index in [0.29, 0.717) is 0 Å². The van der Waals surface area contributed by atoms with E-state index in [-0.39, 0.29) is 11.1 Å². The number of rotatable bonds is 4. The summed E-state index contributed by atoms with van der Waals surface area (Å²) in [6.07, 6.45) is 0. The lowest BCUT2D eigenvalue weighted by molar-refractivity contribution is -0.141. The van der Waals surface area contributed by atoms with Crippen molar-refractivity contribution in [3.63, 3.8) is 0 Å². The first-order valence-corrected chi connectivity index (χ1v) is 6.16. The van der Waals surface area contributed by atoms with Gasteiger partial charge in [-0.05, 0) is 19.1 Å². The fourth-order valence-electron chi connectivity index (χ4n) is 1.99. The number of carbonyl (C=O) groups excluding carboxylic acids is 4. The number of carbonyl (C=O) groups is 4. The van der Waals surface area contributed by atoms with Crippen LogP contribution in [0.3, 0.4) is 0 Å². The Balaban J connectivity index is 2.16. The summed E-state index contributed by atoms with van der Waals surface area (Å²) in [5.41, 5.74) is 0.449. The highest BCUT2D eigenvalue weighted by molar-refractivity contribution is 6.22. The van der Waals surface area contributed by atoms with Gasteiger partial charge in [-0.2, -0.15) is 0 Å². The molecule has 0 saturated carbocycles. The van der Waals surface area contributed by atoms with Gasteiger partial charge in [0.15, 0.2) is 0 Å². The summed E-state index contributed by atoms with van der Waals surface area (Å²) in [7, 11) is 1.09. The Hall–Kier alpha value is -2.70. The standard InChI is InChI=1S/C14H14N2O5/c1-8(12(18)15-7-11(17)21-2)16-13(19)9-5-3-4-6-10(9)14(16)20/h3-6,8H,7H2,1-2H3,(H,15,18)/i7D. The van der Waals surface area contributed by atoms with E-state index in [4.69, 9.17) is 1.37 Å². The molecule has 21 heavy (non-hydrogen) atoms. The lowest BCUT2D eigenvalue weighted by atomic mass is 10.1. The topological polar surface area (TPSA) is 92.8 Å². The molecule has 1 aromatic rings. The first-order valence-electron chi connectivity index (χ1n) is 6.73. The molecule has 2 unspecified atom stereocenters. The van der Waals surface area contributed by atoms with Gasteiger partial charge in [-0.3, -0.25) is 24.1 Å². The molecule has 0 aromatic heterocycles. The number of methoxy groups -OCH3 is 1. The van der Waals surface area contributed by atoms with Gasteiger partial charge >= 0.3 is 5.97 Å². The van der Waals surface area contributed by atoms with Gasteiger partial charge in [0.05, 0.1) is 19.6 Å². The summed E-state index contributed by atoms with van der Waals surface area (Å²) in [5, 5.41) is 2.08. The summed E-state index contributed by atoms with van der Waals surface area (Å²) >= 11 is 0. The van der Waals surface area contributed by atoms with Crippen molar-refractivity contribution in [1.82, 2.24) is 10.2 Å². The highest BCUT2D eigenvalue weighted by atomic mass is 16.5. The van der Waals surface area contributed by atoms with Crippen LogP contribution in [0.15, 0.2) is 24.3 Å². The molecule has 1 aliphatic rings. The molecular formula is C14H14N2O5. The third-order valence-corrected chi connectivity index (χ3v) is 3.13. The molecule has 1 aliphatic heterocycles. The number of amides is 3. The minimum Gasteiger partial charge on any atom is -0.468 e. The van der Waals surface area contributed by atoms with E-state index in [1.54, 1.807) is 12.1 Å². The average Bonchev–Trinajstić information content (AvgIpc) is 2.77. The molecule has 0 bridgehead atoms. The monoisotopic (exact) mass is 291 g/mol. The van der Waals surface area contributed by atoms with Gasteiger partial charge in [0.1, 0.15) is 12.6 Å². The van der Waals surface area contributed by atoms with Crippen LogP contribution in [0.1, 0.15) is 29.0 Å². The quantitative estimate of drug-likeness (QED) is 0.620. The molecule has 7 nitrogen and oxygen atoms in total. The molecule has 0 fully saturated rings. The summed E-state index contributed by atoms with van der Waals surface area (Å²) in [4.78, 5) is 48.4. The zero-order chi connectivity index (χ0) is 16.4. The smallest absolute Gasteiger partial charge is 0.325 e. The minimum atomic E-state index is -1.62. The van der Waals surface area contributed by atoms with Crippen molar-refractivity contribution in [2.45, 2.75) is 13.0 Å². The molecule has 110 valence electrons. The van der Waals surface area contributed by atoms with Crippen molar-refractivity contribution in [3.8, 4) is 0 Å². The number of imide groups is 1. The van der Waals surface area contributed by atoms with Gasteiger partial charge < -0.3 is 10.1 Å². The third-order valence-electron chi connectivity index (χ3n) is 3.13. The number of fused-ring (bicyclic) bond motifs is 1. The molecule has 2 rings (SSSR count). The average molecular weight is 291 g/mol. The van der Waals surface area contributed by atoms with E-state index in [9.17, 15) is 19.2 Å². The van der Waals surface area contributed by atoms with Gasteiger partial charge in [-0.1, -0.05) is 12.1 Å². The molecule has 2 atom stereocenters. The Morgan fingerprint density at radius 1 is 1.29 bits per heavy atom. The number of hydrogen-bond donors (Lipinski definition) is 1. The summed E-state index contributed by atoms with van der Waals surface area (Å²) in [5.74, 6) is -2.89. The van der Waals surface area contributed by atoms with E-state index in [1.165, 1.54) is 19.1 Å². The number of nitrogens with one attached hydrogen (secondary N) is 1. The van der Waals surface area contributed by atoms with E-state index in [0.717, 1.165) is 12.0 Å². The number of hydrogen-bond acceptors (Lipinski definition) is 5. The van der Waals surface area contributed by atoms with Crippen molar-refractivity contribution in [2.24, 2.45) is 0 Å². The predicted molar refractivity (Wildman–Crippen MR) is 71.4 cm³/mol.